The third-order valence-electron chi connectivity index (χ3n) is 4.60. The normalized spacial score (nSPS) is 13.1. The van der Waals surface area contributed by atoms with Gasteiger partial charge in [0.15, 0.2) is 0 Å². The highest BCUT2D eigenvalue weighted by molar-refractivity contribution is 5.73. The van der Waals surface area contributed by atoms with Gasteiger partial charge in [0.1, 0.15) is 0 Å². The van der Waals surface area contributed by atoms with Crippen molar-refractivity contribution in [3.05, 3.63) is 0 Å². The monoisotopic (exact) mass is 329 g/mol. The van der Waals surface area contributed by atoms with E-state index in [4.69, 9.17) is 5.90 Å². The highest BCUT2D eigenvalue weighted by atomic mass is 16.7. The Bertz CT molecular complexity index is 287. The maximum absolute atomic E-state index is 11.6. The number of unbranched alkanes of at least 4 members (excludes halogenated alkanes) is 11. The van der Waals surface area contributed by atoms with Crippen LogP contribution >= 0.6 is 0 Å². The second-order valence-corrected chi connectivity index (χ2v) is 7.32. The van der Waals surface area contributed by atoms with Gasteiger partial charge in [0.2, 0.25) is 0 Å². The van der Waals surface area contributed by atoms with Gasteiger partial charge in [-0.25, -0.2) is 4.79 Å². The van der Waals surface area contributed by atoms with Crippen LogP contribution in [-0.4, -0.2) is 16.7 Å². The van der Waals surface area contributed by atoms with Gasteiger partial charge in [0.05, 0.1) is 11.5 Å². The largest absolute Gasteiger partial charge is 0.390 e. The lowest BCUT2D eigenvalue weighted by atomic mass is 9.86. The van der Waals surface area contributed by atoms with Crippen molar-refractivity contribution in [2.45, 2.75) is 110 Å². The summed E-state index contributed by atoms with van der Waals surface area (Å²) in [6, 6.07) is 0. The zero-order valence-electron chi connectivity index (χ0n) is 15.6. The maximum atomic E-state index is 11.6. The first-order chi connectivity index (χ1) is 10.9. The van der Waals surface area contributed by atoms with Gasteiger partial charge in [-0.15, -0.1) is 0 Å². The molecule has 0 radical (unpaired) electrons. The Balaban J connectivity index is 3.52. The molecule has 0 aliphatic carbocycles. The number of aliphatic hydroxyl groups is 1. The summed E-state index contributed by atoms with van der Waals surface area (Å²) in [5, 5.41) is 10.00. The Labute approximate surface area is 143 Å². The van der Waals surface area contributed by atoms with Gasteiger partial charge in [0.25, 0.3) is 0 Å². The van der Waals surface area contributed by atoms with Crippen LogP contribution in [0.2, 0.25) is 0 Å². The number of carbonyl (C=O) groups is 1. The second-order valence-electron chi connectivity index (χ2n) is 7.32. The number of nitrogens with two attached hydrogens (primary N) is 1. The van der Waals surface area contributed by atoms with Crippen LogP contribution in [0.15, 0.2) is 0 Å². The highest BCUT2D eigenvalue weighted by Crippen LogP contribution is 2.24. The standard InChI is InChI=1S/C19H39NO3/c1-4-5-6-7-8-9-10-11-12-13-14-15-16-17(18(21)23-20)19(2,3)22/h17,22H,4-16,20H2,1-3H3. The molecule has 0 aliphatic rings. The summed E-state index contributed by atoms with van der Waals surface area (Å²) in [7, 11) is 0. The fraction of sp³-hybridized carbons (Fsp3) is 0.947. The molecule has 23 heavy (non-hydrogen) atoms. The van der Waals surface area contributed by atoms with Crippen LogP contribution < -0.4 is 5.90 Å². The molecule has 0 fully saturated rings. The van der Waals surface area contributed by atoms with Crippen LogP contribution in [0.3, 0.4) is 0 Å². The van der Waals surface area contributed by atoms with Crippen LogP contribution in [0.4, 0.5) is 0 Å². The zero-order valence-corrected chi connectivity index (χ0v) is 15.6. The Kier molecular flexibility index (Phi) is 13.4. The van der Waals surface area contributed by atoms with Gasteiger partial charge in [-0.3, -0.25) is 0 Å². The summed E-state index contributed by atoms with van der Waals surface area (Å²) in [6.07, 6.45) is 16.0. The van der Waals surface area contributed by atoms with Crippen molar-refractivity contribution in [1.29, 1.82) is 0 Å². The zero-order chi connectivity index (χ0) is 17.6. The van der Waals surface area contributed by atoms with Crippen LogP contribution in [-0.2, 0) is 9.63 Å². The second kappa shape index (κ2) is 13.8. The molecule has 0 aromatic rings. The molecule has 3 N–H and O–H groups in total. The minimum Gasteiger partial charge on any atom is -0.390 e. The molecule has 0 aromatic heterocycles. The Morgan fingerprint density at radius 2 is 1.30 bits per heavy atom. The SMILES string of the molecule is CCCCCCCCCCCCCCC(C(=O)ON)C(C)(C)O. The fourth-order valence-corrected chi connectivity index (χ4v) is 3.03. The first-order valence-corrected chi connectivity index (χ1v) is 9.56. The molecule has 0 heterocycles. The molecule has 1 unspecified atom stereocenters. The fourth-order valence-electron chi connectivity index (χ4n) is 3.03. The lowest BCUT2D eigenvalue weighted by Crippen LogP contribution is -2.38. The van der Waals surface area contributed by atoms with E-state index in [1.165, 1.54) is 64.2 Å². The molecule has 4 nitrogen and oxygen atoms in total. The van der Waals surface area contributed by atoms with Gasteiger partial charge >= 0.3 is 5.97 Å². The smallest absolute Gasteiger partial charge is 0.330 e. The maximum Gasteiger partial charge on any atom is 0.330 e. The van der Waals surface area contributed by atoms with Gasteiger partial charge in [0, 0.05) is 0 Å². The van der Waals surface area contributed by atoms with E-state index in [0.29, 0.717) is 6.42 Å². The average Bonchev–Trinajstić information content (AvgIpc) is 2.50. The molecule has 0 saturated carbocycles. The molecule has 0 amide bonds. The number of hydrogen-bond acceptors (Lipinski definition) is 4. The highest BCUT2D eigenvalue weighted by Gasteiger charge is 2.33. The lowest BCUT2D eigenvalue weighted by Gasteiger charge is -2.26. The topological polar surface area (TPSA) is 72.5 Å². The first-order valence-electron chi connectivity index (χ1n) is 9.56. The minimum atomic E-state index is -1.08. The molecular weight excluding hydrogens is 290 g/mol. The minimum absolute atomic E-state index is 0.513. The van der Waals surface area contributed by atoms with Crippen molar-refractivity contribution in [2.24, 2.45) is 11.8 Å². The molecular formula is C19H39NO3. The molecule has 0 bridgehead atoms. The predicted molar refractivity (Wildman–Crippen MR) is 95.8 cm³/mol. The van der Waals surface area contributed by atoms with Crippen molar-refractivity contribution < 1.29 is 14.7 Å². The first kappa shape index (κ1) is 22.4. The summed E-state index contributed by atoms with van der Waals surface area (Å²) in [4.78, 5) is 15.9. The van der Waals surface area contributed by atoms with E-state index in [1.54, 1.807) is 13.8 Å². The summed E-state index contributed by atoms with van der Waals surface area (Å²) in [5.41, 5.74) is -1.08. The van der Waals surface area contributed by atoms with Crippen molar-refractivity contribution in [3.8, 4) is 0 Å². The molecule has 0 aromatic carbocycles. The summed E-state index contributed by atoms with van der Waals surface area (Å²) in [6.45, 7) is 5.52. The van der Waals surface area contributed by atoms with Gasteiger partial charge < -0.3 is 9.94 Å². The van der Waals surface area contributed by atoms with Crippen LogP contribution in [0, 0.1) is 5.92 Å². The van der Waals surface area contributed by atoms with E-state index in [1.807, 2.05) is 0 Å². The third kappa shape index (κ3) is 12.5. The van der Waals surface area contributed by atoms with Crippen molar-refractivity contribution in [3.63, 3.8) is 0 Å². The van der Waals surface area contributed by atoms with Gasteiger partial charge in [-0.1, -0.05) is 84.0 Å². The molecule has 4 heteroatoms. The van der Waals surface area contributed by atoms with Crippen molar-refractivity contribution in [2.75, 3.05) is 0 Å². The van der Waals surface area contributed by atoms with E-state index in [-0.39, 0.29) is 0 Å². The number of rotatable bonds is 15. The Morgan fingerprint density at radius 1 is 0.913 bits per heavy atom. The van der Waals surface area contributed by atoms with E-state index in [9.17, 15) is 9.90 Å². The molecule has 1 atom stereocenters. The molecule has 0 spiro atoms. The summed E-state index contributed by atoms with van der Waals surface area (Å²) < 4.78 is 0. The summed E-state index contributed by atoms with van der Waals surface area (Å²) >= 11 is 0. The quantitative estimate of drug-likeness (QED) is 0.332. The Morgan fingerprint density at radius 3 is 1.65 bits per heavy atom. The average molecular weight is 330 g/mol. The third-order valence-corrected chi connectivity index (χ3v) is 4.60. The molecule has 0 saturated heterocycles. The van der Waals surface area contributed by atoms with Crippen molar-refractivity contribution >= 4 is 5.97 Å². The van der Waals surface area contributed by atoms with Gasteiger partial charge in [-0.05, 0) is 20.3 Å². The van der Waals surface area contributed by atoms with Crippen LogP contribution in [0.5, 0.6) is 0 Å². The van der Waals surface area contributed by atoms with E-state index in [2.05, 4.69) is 11.8 Å². The molecule has 0 aliphatic heterocycles. The molecule has 0 rings (SSSR count). The van der Waals surface area contributed by atoms with Gasteiger partial charge in [-0.2, -0.15) is 5.90 Å². The number of carbonyl (C=O) groups excluding carboxylic acids is 1. The van der Waals surface area contributed by atoms with E-state index in [0.717, 1.165) is 12.8 Å². The van der Waals surface area contributed by atoms with E-state index >= 15 is 0 Å². The van der Waals surface area contributed by atoms with Crippen molar-refractivity contribution in [1.82, 2.24) is 0 Å². The Hall–Kier alpha value is -0.610. The summed E-state index contributed by atoms with van der Waals surface area (Å²) in [5.74, 6) is 3.90. The van der Waals surface area contributed by atoms with E-state index < -0.39 is 17.5 Å². The molecule has 138 valence electrons. The number of hydrogen-bond donors (Lipinski definition) is 2. The van der Waals surface area contributed by atoms with Crippen LogP contribution in [0.1, 0.15) is 104 Å². The van der Waals surface area contributed by atoms with Crippen LogP contribution in [0.25, 0.3) is 0 Å². The lowest BCUT2D eigenvalue weighted by molar-refractivity contribution is -0.157. The predicted octanol–water partition coefficient (Wildman–Crippen LogP) is 4.88.